The van der Waals surface area contributed by atoms with E-state index in [1.54, 1.807) is 6.92 Å². The summed E-state index contributed by atoms with van der Waals surface area (Å²) >= 11 is 0. The summed E-state index contributed by atoms with van der Waals surface area (Å²) in [6, 6.07) is 1.85. The average Bonchev–Trinajstić information content (AvgIpc) is 3.05. The summed E-state index contributed by atoms with van der Waals surface area (Å²) < 4.78 is 7.47. The number of hydrogen-bond donors (Lipinski definition) is 1. The zero-order valence-corrected chi connectivity index (χ0v) is 14.5. The number of nitrogens with zero attached hydrogens (tertiary/aromatic N) is 3. The highest BCUT2D eigenvalue weighted by molar-refractivity contribution is 5.95. The largest absolute Gasteiger partial charge is 0.427 e. The summed E-state index contributed by atoms with van der Waals surface area (Å²) in [6.07, 6.45) is 4.07. The summed E-state index contributed by atoms with van der Waals surface area (Å²) in [5, 5.41) is 11.1. The molecule has 1 atom stereocenters. The van der Waals surface area contributed by atoms with Crippen LogP contribution in [0.15, 0.2) is 15.3 Å². The van der Waals surface area contributed by atoms with Crippen molar-refractivity contribution in [2.24, 2.45) is 5.92 Å². The van der Waals surface area contributed by atoms with Crippen molar-refractivity contribution in [1.29, 1.82) is 0 Å². The first-order chi connectivity index (χ1) is 12.0. The van der Waals surface area contributed by atoms with E-state index < -0.39 is 5.63 Å². The molecule has 1 N–H and O–H groups in total. The van der Waals surface area contributed by atoms with Gasteiger partial charge in [0, 0.05) is 31.3 Å². The van der Waals surface area contributed by atoms with E-state index >= 15 is 0 Å². The minimum atomic E-state index is -0.529. The van der Waals surface area contributed by atoms with E-state index in [0.717, 1.165) is 43.2 Å². The summed E-state index contributed by atoms with van der Waals surface area (Å²) in [5.41, 5.74) is 0.283. The van der Waals surface area contributed by atoms with Gasteiger partial charge in [0.05, 0.1) is 0 Å². The number of aryl methyl sites for hydroxylation is 2. The minimum Gasteiger partial charge on any atom is -0.427 e. The molecular weight excluding hydrogens is 320 g/mol. The number of rotatable bonds is 4. The van der Waals surface area contributed by atoms with Crippen molar-refractivity contribution >= 4 is 5.91 Å². The van der Waals surface area contributed by atoms with E-state index in [2.05, 4.69) is 20.1 Å². The zero-order valence-electron chi connectivity index (χ0n) is 14.5. The van der Waals surface area contributed by atoms with Crippen LogP contribution in [0.2, 0.25) is 0 Å². The molecular formula is C18H22N4O3. The minimum absolute atomic E-state index is 0.122. The fourth-order valence-electron chi connectivity index (χ4n) is 3.66. The smallest absolute Gasteiger partial charge is 0.349 e. The van der Waals surface area contributed by atoms with Crippen LogP contribution in [0.5, 0.6) is 0 Å². The Morgan fingerprint density at radius 1 is 1.36 bits per heavy atom. The molecule has 7 nitrogen and oxygen atoms in total. The number of aromatic nitrogens is 3. The van der Waals surface area contributed by atoms with Crippen LogP contribution in [-0.4, -0.2) is 27.2 Å². The Bertz CT molecular complexity index is 879. The van der Waals surface area contributed by atoms with Gasteiger partial charge in [-0.05, 0) is 38.3 Å². The molecule has 0 spiro atoms. The van der Waals surface area contributed by atoms with Gasteiger partial charge in [-0.3, -0.25) is 4.79 Å². The van der Waals surface area contributed by atoms with Gasteiger partial charge in [0.2, 0.25) is 0 Å². The second-order valence-electron chi connectivity index (χ2n) is 7.18. The molecule has 0 saturated heterocycles. The van der Waals surface area contributed by atoms with Gasteiger partial charge < -0.3 is 14.3 Å². The maximum atomic E-state index is 12.5. The molecule has 2 aromatic heterocycles. The Kier molecular flexibility index (Phi) is 3.94. The highest BCUT2D eigenvalue weighted by atomic mass is 16.4. The average molecular weight is 342 g/mol. The normalized spacial score (nSPS) is 19.5. The fraction of sp³-hybridized carbons (Fsp3) is 0.556. The first kappa shape index (κ1) is 16.1. The van der Waals surface area contributed by atoms with Gasteiger partial charge in [0.25, 0.3) is 5.91 Å². The molecule has 1 aliphatic carbocycles. The predicted octanol–water partition coefficient (Wildman–Crippen LogP) is 1.72. The highest BCUT2D eigenvalue weighted by Gasteiger charge is 2.27. The Hall–Kier alpha value is -2.44. The van der Waals surface area contributed by atoms with E-state index in [4.69, 9.17) is 4.42 Å². The van der Waals surface area contributed by atoms with Crippen LogP contribution in [0.25, 0.3) is 0 Å². The van der Waals surface area contributed by atoms with Gasteiger partial charge in [0.1, 0.15) is 23.0 Å². The van der Waals surface area contributed by atoms with E-state index in [1.807, 2.05) is 13.0 Å². The number of carbonyl (C=O) groups excluding carboxylic acids is 1. The van der Waals surface area contributed by atoms with Gasteiger partial charge in [-0.15, -0.1) is 10.2 Å². The lowest BCUT2D eigenvalue weighted by Gasteiger charge is -2.24. The molecule has 7 heteroatoms. The van der Waals surface area contributed by atoms with Crippen molar-refractivity contribution in [3.63, 3.8) is 0 Å². The number of carbonyl (C=O) groups is 1. The summed E-state index contributed by atoms with van der Waals surface area (Å²) in [6.45, 7) is 5.03. The van der Waals surface area contributed by atoms with Crippen molar-refractivity contribution in [2.45, 2.75) is 52.0 Å². The number of fused-ring (bicyclic) bond motifs is 1. The van der Waals surface area contributed by atoms with Crippen LogP contribution in [0, 0.1) is 19.8 Å². The lowest BCUT2D eigenvalue weighted by molar-refractivity contribution is 0.0941. The van der Waals surface area contributed by atoms with E-state index in [9.17, 15) is 9.59 Å². The molecule has 0 bridgehead atoms. The maximum absolute atomic E-state index is 12.5. The molecule has 0 aromatic carbocycles. The SMILES string of the molecule is Cc1cc(C2CCC2)oc(=O)c1C(=O)NCC1Cc2nnc(C)n2C1. The molecule has 2 aliphatic rings. The van der Waals surface area contributed by atoms with Crippen molar-refractivity contribution in [2.75, 3.05) is 6.54 Å². The molecule has 1 unspecified atom stereocenters. The second-order valence-corrected chi connectivity index (χ2v) is 7.18. The van der Waals surface area contributed by atoms with Crippen LogP contribution in [0.4, 0.5) is 0 Å². The van der Waals surface area contributed by atoms with Gasteiger partial charge in [-0.2, -0.15) is 0 Å². The Morgan fingerprint density at radius 3 is 2.80 bits per heavy atom. The molecule has 1 saturated carbocycles. The fourth-order valence-corrected chi connectivity index (χ4v) is 3.66. The van der Waals surface area contributed by atoms with Crippen molar-refractivity contribution < 1.29 is 9.21 Å². The van der Waals surface area contributed by atoms with Crippen LogP contribution >= 0.6 is 0 Å². The van der Waals surface area contributed by atoms with Gasteiger partial charge in [-0.25, -0.2) is 4.79 Å². The van der Waals surface area contributed by atoms with E-state index in [-0.39, 0.29) is 17.4 Å². The molecule has 25 heavy (non-hydrogen) atoms. The van der Waals surface area contributed by atoms with Crippen LogP contribution in [0.1, 0.15) is 58.5 Å². The first-order valence-electron chi connectivity index (χ1n) is 8.84. The third-order valence-corrected chi connectivity index (χ3v) is 5.38. The summed E-state index contributed by atoms with van der Waals surface area (Å²) in [5.74, 6) is 2.82. The Labute approximate surface area is 145 Å². The van der Waals surface area contributed by atoms with Crippen molar-refractivity contribution in [3.8, 4) is 0 Å². The summed E-state index contributed by atoms with van der Waals surface area (Å²) in [7, 11) is 0. The standard InChI is InChI=1S/C18H22N4O3/c1-10-6-14(13-4-3-5-13)25-18(24)16(10)17(23)19-8-12-7-15-21-20-11(2)22(15)9-12/h6,12-13H,3-5,7-9H2,1-2H3,(H,19,23). The number of hydrogen-bond acceptors (Lipinski definition) is 5. The van der Waals surface area contributed by atoms with Gasteiger partial charge in [-0.1, -0.05) is 6.42 Å². The molecule has 4 rings (SSSR count). The molecule has 3 heterocycles. The van der Waals surface area contributed by atoms with E-state index in [1.165, 1.54) is 6.42 Å². The zero-order chi connectivity index (χ0) is 17.6. The molecule has 1 amide bonds. The second kappa shape index (κ2) is 6.13. The molecule has 2 aromatic rings. The third-order valence-electron chi connectivity index (χ3n) is 5.38. The number of amides is 1. The lowest BCUT2D eigenvalue weighted by atomic mass is 9.83. The summed E-state index contributed by atoms with van der Waals surface area (Å²) in [4.78, 5) is 24.8. The van der Waals surface area contributed by atoms with Crippen LogP contribution in [-0.2, 0) is 13.0 Å². The quantitative estimate of drug-likeness (QED) is 0.914. The number of nitrogens with one attached hydrogen (secondary N) is 1. The lowest BCUT2D eigenvalue weighted by Crippen LogP contribution is -2.34. The Morgan fingerprint density at radius 2 is 2.16 bits per heavy atom. The molecule has 1 fully saturated rings. The monoisotopic (exact) mass is 342 g/mol. The first-order valence-corrected chi connectivity index (χ1v) is 8.84. The molecule has 0 radical (unpaired) electrons. The van der Waals surface area contributed by atoms with E-state index in [0.29, 0.717) is 18.0 Å². The molecule has 1 aliphatic heterocycles. The predicted molar refractivity (Wildman–Crippen MR) is 90.6 cm³/mol. The van der Waals surface area contributed by atoms with Crippen LogP contribution < -0.4 is 10.9 Å². The Balaban J connectivity index is 1.42. The van der Waals surface area contributed by atoms with Crippen LogP contribution in [0.3, 0.4) is 0 Å². The van der Waals surface area contributed by atoms with Crippen molar-refractivity contribution in [3.05, 3.63) is 45.0 Å². The highest BCUT2D eigenvalue weighted by Crippen LogP contribution is 2.36. The molecule has 132 valence electrons. The van der Waals surface area contributed by atoms with Gasteiger partial charge in [0.15, 0.2) is 0 Å². The van der Waals surface area contributed by atoms with Crippen molar-refractivity contribution in [1.82, 2.24) is 20.1 Å². The topological polar surface area (TPSA) is 90.0 Å². The maximum Gasteiger partial charge on any atom is 0.349 e. The van der Waals surface area contributed by atoms with Gasteiger partial charge >= 0.3 is 5.63 Å². The third kappa shape index (κ3) is 2.88.